The molecule has 1 aromatic carbocycles. The van der Waals surface area contributed by atoms with Crippen LogP contribution in [-0.2, 0) is 4.74 Å². The summed E-state index contributed by atoms with van der Waals surface area (Å²) in [6, 6.07) is 10.6. The fourth-order valence-corrected chi connectivity index (χ4v) is 2.13. The van der Waals surface area contributed by atoms with Gasteiger partial charge in [0.15, 0.2) is 5.15 Å². The van der Waals surface area contributed by atoms with E-state index in [1.165, 1.54) is 0 Å². The number of fused-ring (bicyclic) bond motifs is 1. The molecule has 0 aliphatic carbocycles. The second-order valence-electron chi connectivity index (χ2n) is 4.49. The number of para-hydroxylation sites is 1. The molecule has 2 heterocycles. The molecular formula is C16H12ClN3O3. The van der Waals surface area contributed by atoms with Gasteiger partial charge in [0.05, 0.1) is 17.5 Å². The predicted molar refractivity (Wildman–Crippen MR) is 84.4 cm³/mol. The first-order valence-electron chi connectivity index (χ1n) is 6.91. The first-order valence-corrected chi connectivity index (χ1v) is 7.29. The summed E-state index contributed by atoms with van der Waals surface area (Å²) in [5.41, 5.74) is 1.22. The van der Waals surface area contributed by atoms with Crippen molar-refractivity contribution in [1.29, 1.82) is 0 Å². The molecule has 0 atom stereocenters. The number of benzene rings is 1. The number of hydrogen-bond acceptors (Lipinski definition) is 6. The summed E-state index contributed by atoms with van der Waals surface area (Å²) in [7, 11) is 0. The summed E-state index contributed by atoms with van der Waals surface area (Å²) in [5, 5.41) is 0.891. The summed E-state index contributed by atoms with van der Waals surface area (Å²) in [5.74, 6) is -0.809. The van der Waals surface area contributed by atoms with Gasteiger partial charge in [-0.15, -0.1) is 0 Å². The summed E-state index contributed by atoms with van der Waals surface area (Å²) in [4.78, 5) is 24.4. The van der Waals surface area contributed by atoms with Crippen LogP contribution in [0.2, 0.25) is 5.15 Å². The number of nitrogens with zero attached hydrogens (tertiary/aromatic N) is 3. The van der Waals surface area contributed by atoms with E-state index in [0.29, 0.717) is 16.6 Å². The highest BCUT2D eigenvalue weighted by Crippen LogP contribution is 2.20. The smallest absolute Gasteiger partial charge is 0.394 e. The third-order valence-corrected chi connectivity index (χ3v) is 3.25. The van der Waals surface area contributed by atoms with Gasteiger partial charge in [-0.2, -0.15) is 0 Å². The van der Waals surface area contributed by atoms with Gasteiger partial charge in [0.1, 0.15) is 5.69 Å². The first-order chi connectivity index (χ1) is 11.2. The fraction of sp³-hybridized carbons (Fsp3) is 0.125. The van der Waals surface area contributed by atoms with E-state index >= 15 is 0 Å². The Morgan fingerprint density at radius 1 is 1.30 bits per heavy atom. The average molecular weight is 330 g/mol. The van der Waals surface area contributed by atoms with Crippen molar-refractivity contribution in [1.82, 2.24) is 9.97 Å². The van der Waals surface area contributed by atoms with Crippen molar-refractivity contribution in [3.63, 3.8) is 0 Å². The van der Waals surface area contributed by atoms with E-state index in [1.807, 2.05) is 12.1 Å². The molecule has 0 fully saturated rings. The van der Waals surface area contributed by atoms with Crippen LogP contribution in [-0.4, -0.2) is 22.5 Å². The van der Waals surface area contributed by atoms with Crippen molar-refractivity contribution in [3.8, 4) is 0 Å². The van der Waals surface area contributed by atoms with Crippen LogP contribution >= 0.6 is 11.6 Å². The normalized spacial score (nSPS) is 11.7. The van der Waals surface area contributed by atoms with E-state index in [4.69, 9.17) is 20.8 Å². The maximum Gasteiger partial charge on any atom is 0.394 e. The van der Waals surface area contributed by atoms with Gasteiger partial charge in [-0.1, -0.05) is 23.7 Å². The van der Waals surface area contributed by atoms with E-state index in [9.17, 15) is 4.79 Å². The van der Waals surface area contributed by atoms with Crippen LogP contribution in [0.25, 0.3) is 10.9 Å². The lowest BCUT2D eigenvalue weighted by Crippen LogP contribution is -2.13. The van der Waals surface area contributed by atoms with Crippen molar-refractivity contribution in [2.75, 3.05) is 6.61 Å². The molecule has 0 aliphatic rings. The molecule has 6 nitrogen and oxygen atoms in total. The molecule has 116 valence electrons. The van der Waals surface area contributed by atoms with Crippen LogP contribution in [0.4, 0.5) is 5.69 Å². The Morgan fingerprint density at radius 3 is 2.91 bits per heavy atom. The van der Waals surface area contributed by atoms with E-state index in [0.717, 1.165) is 0 Å². The SMILES string of the molecule is CCOC(=O)c1nc2ccccc2c(=Nc2cccnc2Cl)o1. The van der Waals surface area contributed by atoms with Gasteiger partial charge in [0.2, 0.25) is 5.55 Å². The Hall–Kier alpha value is -2.73. The van der Waals surface area contributed by atoms with Crippen molar-refractivity contribution in [2.45, 2.75) is 6.92 Å². The highest BCUT2D eigenvalue weighted by molar-refractivity contribution is 6.31. The van der Waals surface area contributed by atoms with Crippen LogP contribution in [0.5, 0.6) is 0 Å². The maximum atomic E-state index is 11.9. The monoisotopic (exact) mass is 329 g/mol. The molecule has 0 saturated carbocycles. The zero-order valence-corrected chi connectivity index (χ0v) is 12.9. The molecule has 3 aromatic rings. The van der Waals surface area contributed by atoms with Gasteiger partial charge >= 0.3 is 11.9 Å². The van der Waals surface area contributed by atoms with Crippen LogP contribution < -0.4 is 5.55 Å². The zero-order chi connectivity index (χ0) is 16.2. The number of carbonyl (C=O) groups excluding carboxylic acids is 1. The molecule has 3 rings (SSSR count). The molecule has 0 saturated heterocycles. The lowest BCUT2D eigenvalue weighted by atomic mass is 10.2. The topological polar surface area (TPSA) is 77.6 Å². The van der Waals surface area contributed by atoms with E-state index in [1.54, 1.807) is 37.4 Å². The second-order valence-corrected chi connectivity index (χ2v) is 4.84. The largest absolute Gasteiger partial charge is 0.459 e. The number of aromatic nitrogens is 2. The molecule has 0 radical (unpaired) electrons. The van der Waals surface area contributed by atoms with Gasteiger partial charge in [0, 0.05) is 6.20 Å². The molecule has 0 N–H and O–H groups in total. The number of carbonyl (C=O) groups is 1. The van der Waals surface area contributed by atoms with Crippen molar-refractivity contribution < 1.29 is 13.9 Å². The number of halogens is 1. The highest BCUT2D eigenvalue weighted by Gasteiger charge is 2.14. The summed E-state index contributed by atoms with van der Waals surface area (Å²) in [6.45, 7) is 1.93. The van der Waals surface area contributed by atoms with E-state index < -0.39 is 5.97 Å². The minimum Gasteiger partial charge on any atom is -0.459 e. The van der Waals surface area contributed by atoms with Crippen molar-refractivity contribution in [2.24, 2.45) is 4.99 Å². The van der Waals surface area contributed by atoms with Crippen LogP contribution in [0.15, 0.2) is 52.0 Å². The number of rotatable bonds is 3. The van der Waals surface area contributed by atoms with Crippen molar-refractivity contribution >= 4 is 34.2 Å². The average Bonchev–Trinajstić information content (AvgIpc) is 2.57. The van der Waals surface area contributed by atoms with Gasteiger partial charge < -0.3 is 9.15 Å². The predicted octanol–water partition coefficient (Wildman–Crippen LogP) is 3.29. The van der Waals surface area contributed by atoms with E-state index in [2.05, 4.69) is 15.0 Å². The Bertz CT molecular complexity index is 937. The number of pyridine rings is 1. The number of hydrogen-bond donors (Lipinski definition) is 0. The molecule has 23 heavy (non-hydrogen) atoms. The summed E-state index contributed by atoms with van der Waals surface area (Å²) < 4.78 is 10.5. The summed E-state index contributed by atoms with van der Waals surface area (Å²) in [6.07, 6.45) is 1.56. The van der Waals surface area contributed by atoms with Gasteiger partial charge in [-0.3, -0.25) is 0 Å². The Kier molecular flexibility index (Phi) is 4.34. The Morgan fingerprint density at radius 2 is 2.13 bits per heavy atom. The lowest BCUT2D eigenvalue weighted by Gasteiger charge is -2.03. The van der Waals surface area contributed by atoms with Gasteiger partial charge in [-0.25, -0.2) is 19.8 Å². The maximum absolute atomic E-state index is 11.9. The third-order valence-electron chi connectivity index (χ3n) is 2.96. The van der Waals surface area contributed by atoms with Gasteiger partial charge in [0.25, 0.3) is 0 Å². The standard InChI is InChI=1S/C16H12ClN3O3/c1-2-22-16(21)15-19-11-7-4-3-6-10(11)14(23-15)20-12-8-5-9-18-13(12)17/h3-9H,2H2,1H3. The highest BCUT2D eigenvalue weighted by atomic mass is 35.5. The molecule has 0 aliphatic heterocycles. The minimum absolute atomic E-state index is 0.163. The molecule has 2 aromatic heterocycles. The molecule has 0 spiro atoms. The minimum atomic E-state index is -0.646. The third kappa shape index (κ3) is 3.22. The van der Waals surface area contributed by atoms with Crippen LogP contribution in [0.3, 0.4) is 0 Å². The second kappa shape index (κ2) is 6.58. The number of esters is 1. The zero-order valence-electron chi connectivity index (χ0n) is 12.2. The Balaban J connectivity index is 2.26. The molecule has 0 unspecified atom stereocenters. The van der Waals surface area contributed by atoms with Crippen LogP contribution in [0.1, 0.15) is 17.6 Å². The Labute approximate surface area is 136 Å². The van der Waals surface area contributed by atoms with Crippen molar-refractivity contribution in [3.05, 3.63) is 59.2 Å². The number of ether oxygens (including phenoxy) is 1. The lowest BCUT2D eigenvalue weighted by molar-refractivity contribution is 0.0473. The molecule has 0 amide bonds. The van der Waals surface area contributed by atoms with E-state index in [-0.39, 0.29) is 23.2 Å². The van der Waals surface area contributed by atoms with Gasteiger partial charge in [-0.05, 0) is 31.2 Å². The molecule has 0 bridgehead atoms. The first kappa shape index (κ1) is 15.2. The summed E-state index contributed by atoms with van der Waals surface area (Å²) >= 11 is 6.02. The molecular weight excluding hydrogens is 318 g/mol. The van der Waals surface area contributed by atoms with Crippen LogP contribution in [0, 0.1) is 0 Å². The quantitative estimate of drug-likeness (QED) is 0.544. The fourth-order valence-electron chi connectivity index (χ4n) is 1.96. The molecule has 7 heteroatoms.